The standard InChI is InChI=1S/5C2H4O3.V/c5*3-1-2(4)5;/h5*3H,1H2,(H,4,5);/p-5. The summed E-state index contributed by atoms with van der Waals surface area (Å²) < 4.78 is 0. The molecule has 0 heterocycles. The first-order chi connectivity index (χ1) is 11.4. The molecule has 0 aromatic heterocycles. The van der Waals surface area contributed by atoms with Gasteiger partial charge < -0.3 is 75.0 Å². The second kappa shape index (κ2) is 34.1. The molecule has 0 amide bonds. The van der Waals surface area contributed by atoms with E-state index in [1.807, 2.05) is 0 Å². The molecule has 0 aromatic rings. The molecule has 26 heavy (non-hydrogen) atoms. The van der Waals surface area contributed by atoms with E-state index in [2.05, 4.69) is 0 Å². The molecule has 0 aromatic carbocycles. The van der Waals surface area contributed by atoms with Crippen LogP contribution in [0, 0.1) is 0 Å². The molecule has 0 fully saturated rings. The fourth-order valence-corrected chi connectivity index (χ4v) is 0. The number of aliphatic hydroxyl groups is 5. The van der Waals surface area contributed by atoms with Crippen molar-refractivity contribution in [3.05, 3.63) is 0 Å². The quantitative estimate of drug-likeness (QED) is 0.272. The molecule has 15 nitrogen and oxygen atoms in total. The van der Waals surface area contributed by atoms with E-state index in [0.29, 0.717) is 0 Å². The average Bonchev–Trinajstić information content (AvgIpc) is 2.56. The van der Waals surface area contributed by atoms with Crippen LogP contribution in [0.15, 0.2) is 0 Å². The maximum atomic E-state index is 9.01. The second-order valence-electron chi connectivity index (χ2n) is 2.65. The van der Waals surface area contributed by atoms with Crippen molar-refractivity contribution in [2.24, 2.45) is 0 Å². The Bertz CT molecular complexity index is 288. The molecule has 1 radical (unpaired) electrons. The van der Waals surface area contributed by atoms with Gasteiger partial charge in [-0.3, -0.25) is 0 Å². The third kappa shape index (κ3) is 156. The number of rotatable bonds is 5. The molecule has 0 aliphatic rings. The normalized spacial score (nSPS) is 7.12. The van der Waals surface area contributed by atoms with Crippen molar-refractivity contribution >= 4 is 29.8 Å². The van der Waals surface area contributed by atoms with E-state index in [9.17, 15) is 0 Å². The van der Waals surface area contributed by atoms with Gasteiger partial charge in [-0.2, -0.15) is 0 Å². The van der Waals surface area contributed by atoms with Crippen LogP contribution in [0.3, 0.4) is 0 Å². The van der Waals surface area contributed by atoms with Crippen molar-refractivity contribution < 1.29 is 93.6 Å². The number of aliphatic hydroxyl groups excluding tert-OH is 5. The minimum atomic E-state index is -1.44. The summed E-state index contributed by atoms with van der Waals surface area (Å²) in [7, 11) is 0. The van der Waals surface area contributed by atoms with Gasteiger partial charge in [0.1, 0.15) is 0 Å². The summed E-state index contributed by atoms with van der Waals surface area (Å²) in [6, 6.07) is 0. The van der Waals surface area contributed by atoms with Crippen LogP contribution < -0.4 is 25.5 Å². The maximum Gasteiger partial charge on any atom is 0.0826 e. The van der Waals surface area contributed by atoms with Crippen molar-refractivity contribution in [1.82, 2.24) is 0 Å². The fraction of sp³-hybridized carbons (Fsp3) is 0.500. The smallest absolute Gasteiger partial charge is 0.0826 e. The summed E-state index contributed by atoms with van der Waals surface area (Å²) in [4.78, 5) is 45.0. The molecule has 0 aliphatic carbocycles. The van der Waals surface area contributed by atoms with Gasteiger partial charge in [-0.25, -0.2) is 0 Å². The van der Waals surface area contributed by atoms with E-state index in [4.69, 9.17) is 75.0 Å². The second-order valence-corrected chi connectivity index (χ2v) is 2.65. The number of hydrogen-bond acceptors (Lipinski definition) is 15. The van der Waals surface area contributed by atoms with E-state index in [1.165, 1.54) is 0 Å². The Morgan fingerprint density at radius 1 is 0.423 bits per heavy atom. The van der Waals surface area contributed by atoms with Crippen LogP contribution in [0.2, 0.25) is 0 Å². The van der Waals surface area contributed by atoms with Crippen LogP contribution in [0.5, 0.6) is 0 Å². The van der Waals surface area contributed by atoms with Gasteiger partial charge in [0, 0.05) is 18.6 Å². The molecule has 0 saturated heterocycles. The van der Waals surface area contributed by atoms with Gasteiger partial charge >= 0.3 is 0 Å². The van der Waals surface area contributed by atoms with Gasteiger partial charge in [0.15, 0.2) is 0 Å². The number of hydrogen-bond donors (Lipinski definition) is 5. The summed E-state index contributed by atoms with van der Waals surface area (Å²) in [5.74, 6) is -7.20. The summed E-state index contributed by atoms with van der Waals surface area (Å²) in [6.07, 6.45) is 0. The first-order valence-corrected chi connectivity index (χ1v) is 5.39. The molecule has 0 bridgehead atoms. The molecular formula is C10H15O15V-5. The van der Waals surface area contributed by atoms with Crippen molar-refractivity contribution in [2.75, 3.05) is 33.0 Å². The topological polar surface area (TPSA) is 302 Å². The third-order valence-corrected chi connectivity index (χ3v) is 0.645. The number of carboxylic acid groups (broad SMARTS) is 5. The first kappa shape index (κ1) is 39.0. The van der Waals surface area contributed by atoms with E-state index in [-0.39, 0.29) is 18.6 Å². The molecular weight excluding hydrogens is 411 g/mol. The van der Waals surface area contributed by atoms with E-state index in [0.717, 1.165) is 0 Å². The molecule has 0 rings (SSSR count). The van der Waals surface area contributed by atoms with Gasteiger partial charge in [-0.05, 0) is 0 Å². The molecule has 0 atom stereocenters. The van der Waals surface area contributed by atoms with Gasteiger partial charge in [-0.15, -0.1) is 0 Å². The van der Waals surface area contributed by atoms with Crippen LogP contribution in [0.1, 0.15) is 0 Å². The number of aliphatic carboxylic acids is 5. The predicted octanol–water partition coefficient (Wildman–Crippen LogP) is -11.4. The molecule has 0 unspecified atom stereocenters. The number of carbonyl (C=O) groups is 5. The fourth-order valence-electron chi connectivity index (χ4n) is 0. The zero-order chi connectivity index (χ0) is 21.4. The zero-order valence-electron chi connectivity index (χ0n) is 12.8. The molecule has 16 heteroatoms. The summed E-state index contributed by atoms with van der Waals surface area (Å²) >= 11 is 0. The Morgan fingerprint density at radius 3 is 0.462 bits per heavy atom. The van der Waals surface area contributed by atoms with Crippen molar-refractivity contribution in [2.45, 2.75) is 0 Å². The van der Waals surface area contributed by atoms with Gasteiger partial charge in [0.05, 0.1) is 62.9 Å². The maximum absolute atomic E-state index is 9.01. The molecule has 0 spiro atoms. The minimum Gasteiger partial charge on any atom is -0.548 e. The van der Waals surface area contributed by atoms with Crippen LogP contribution in [0.4, 0.5) is 0 Å². The van der Waals surface area contributed by atoms with Crippen LogP contribution >= 0.6 is 0 Å². The SMILES string of the molecule is O=C([O-])CO.O=C([O-])CO.O=C([O-])CO.O=C([O-])CO.O=C([O-])CO.[V]. The first-order valence-electron chi connectivity index (χ1n) is 5.39. The van der Waals surface area contributed by atoms with Crippen LogP contribution in [-0.4, -0.2) is 88.4 Å². The summed E-state index contributed by atoms with van der Waals surface area (Å²) in [5.41, 5.74) is 0. The van der Waals surface area contributed by atoms with Crippen molar-refractivity contribution in [3.8, 4) is 0 Å². The summed E-state index contributed by atoms with van der Waals surface area (Å²) in [5, 5.41) is 82.4. The van der Waals surface area contributed by atoms with E-state index in [1.54, 1.807) is 0 Å². The molecule has 0 saturated carbocycles. The third-order valence-electron chi connectivity index (χ3n) is 0.645. The average molecular weight is 426 g/mol. The van der Waals surface area contributed by atoms with Gasteiger partial charge in [0.25, 0.3) is 0 Å². The zero-order valence-corrected chi connectivity index (χ0v) is 14.2. The Labute approximate surface area is 157 Å². The Hall–Kier alpha value is -2.27. The number of carboxylic acids is 5. The van der Waals surface area contributed by atoms with Crippen LogP contribution in [0.25, 0.3) is 0 Å². The molecule has 0 aliphatic heterocycles. The number of carbonyl (C=O) groups excluding carboxylic acids is 5. The van der Waals surface area contributed by atoms with Crippen molar-refractivity contribution in [1.29, 1.82) is 0 Å². The predicted molar refractivity (Wildman–Crippen MR) is 60.5 cm³/mol. The van der Waals surface area contributed by atoms with Gasteiger partial charge in [-0.1, -0.05) is 0 Å². The van der Waals surface area contributed by atoms with E-state index >= 15 is 0 Å². The monoisotopic (exact) mass is 426 g/mol. The Balaban J connectivity index is -0.0000000476. The Morgan fingerprint density at radius 2 is 0.462 bits per heavy atom. The largest absolute Gasteiger partial charge is 0.548 e. The molecule has 5 N–H and O–H groups in total. The van der Waals surface area contributed by atoms with Crippen LogP contribution in [-0.2, 0) is 42.5 Å². The van der Waals surface area contributed by atoms with E-state index < -0.39 is 62.9 Å². The minimum absolute atomic E-state index is 0. The Kier molecular flexibility index (Phi) is 51.2. The molecule has 155 valence electrons. The summed E-state index contributed by atoms with van der Waals surface area (Å²) in [6.45, 7) is -4.44. The van der Waals surface area contributed by atoms with Crippen molar-refractivity contribution in [3.63, 3.8) is 0 Å². The van der Waals surface area contributed by atoms with Gasteiger partial charge in [0.2, 0.25) is 0 Å².